The van der Waals surface area contributed by atoms with E-state index in [9.17, 15) is 13.5 Å². The summed E-state index contributed by atoms with van der Waals surface area (Å²) in [6, 6.07) is 7.33. The van der Waals surface area contributed by atoms with Crippen LogP contribution in [0.3, 0.4) is 0 Å². The molecular weight excluding hydrogens is 314 g/mol. The van der Waals surface area contributed by atoms with Crippen molar-refractivity contribution in [2.45, 2.75) is 18.4 Å². The highest BCUT2D eigenvalue weighted by Gasteiger charge is 2.11. The van der Waals surface area contributed by atoms with Gasteiger partial charge >= 0.3 is 0 Å². The summed E-state index contributed by atoms with van der Waals surface area (Å²) >= 11 is 6.00. The second kappa shape index (κ2) is 5.88. The zero-order valence-electron chi connectivity index (χ0n) is 11.2. The van der Waals surface area contributed by atoms with Crippen molar-refractivity contribution in [2.75, 3.05) is 5.32 Å². The predicted molar refractivity (Wildman–Crippen MR) is 80.8 cm³/mol. The first-order valence-corrected chi connectivity index (χ1v) is 7.91. The molecule has 0 fully saturated rings. The number of nitrogens with one attached hydrogen (secondary N) is 1. The Kier molecular flexibility index (Phi) is 4.36. The molecule has 0 saturated heterocycles. The molecule has 2 aromatic rings. The lowest BCUT2D eigenvalue weighted by Crippen LogP contribution is -2.12. The van der Waals surface area contributed by atoms with E-state index >= 15 is 0 Å². The number of aromatic hydroxyl groups is 1. The third-order valence-corrected chi connectivity index (χ3v) is 4.04. The number of hydrogen-bond acceptors (Lipinski definition) is 5. The van der Waals surface area contributed by atoms with E-state index in [0.29, 0.717) is 16.4 Å². The van der Waals surface area contributed by atoms with E-state index in [-0.39, 0.29) is 17.2 Å². The van der Waals surface area contributed by atoms with Gasteiger partial charge in [0.1, 0.15) is 11.4 Å². The molecule has 0 atom stereocenters. The Morgan fingerprint density at radius 2 is 2.05 bits per heavy atom. The van der Waals surface area contributed by atoms with Crippen molar-refractivity contribution in [3.63, 3.8) is 0 Å². The summed E-state index contributed by atoms with van der Waals surface area (Å²) in [5, 5.41) is 18.1. The quantitative estimate of drug-likeness (QED) is 0.796. The second-order valence-electron chi connectivity index (χ2n) is 4.46. The standard InChI is InChI=1S/C13H14ClN3O3S/c1-8-2-5-13(18)12(17-8)7-16-11-6-9(21(15,19)20)3-4-10(11)14/h2-6,16,18H,7H2,1H3,(H2,15,19,20). The Labute approximate surface area is 127 Å². The minimum Gasteiger partial charge on any atom is -0.506 e. The van der Waals surface area contributed by atoms with Crippen LogP contribution in [0, 0.1) is 6.92 Å². The van der Waals surface area contributed by atoms with E-state index in [0.717, 1.165) is 5.69 Å². The summed E-state index contributed by atoms with van der Waals surface area (Å²) in [6.45, 7) is 2.00. The number of rotatable bonds is 4. The molecule has 112 valence electrons. The number of halogens is 1. The van der Waals surface area contributed by atoms with Gasteiger partial charge in [0.2, 0.25) is 10.0 Å². The molecule has 0 amide bonds. The number of aromatic nitrogens is 1. The van der Waals surface area contributed by atoms with Crippen LogP contribution in [0.4, 0.5) is 5.69 Å². The zero-order chi connectivity index (χ0) is 15.6. The van der Waals surface area contributed by atoms with E-state index in [1.165, 1.54) is 18.2 Å². The number of anilines is 1. The number of nitrogens with two attached hydrogens (primary N) is 1. The van der Waals surface area contributed by atoms with Gasteiger partial charge in [0, 0.05) is 5.69 Å². The Bertz CT molecular complexity index is 778. The van der Waals surface area contributed by atoms with Crippen molar-refractivity contribution in [1.82, 2.24) is 4.98 Å². The van der Waals surface area contributed by atoms with Crippen molar-refractivity contribution in [1.29, 1.82) is 0 Å². The summed E-state index contributed by atoms with van der Waals surface area (Å²) in [4.78, 5) is 4.14. The van der Waals surface area contributed by atoms with Gasteiger partial charge in [0.05, 0.1) is 22.2 Å². The van der Waals surface area contributed by atoms with Crippen LogP contribution in [0.2, 0.25) is 5.02 Å². The Balaban J connectivity index is 2.26. The number of aryl methyl sites for hydroxylation is 1. The first-order valence-electron chi connectivity index (χ1n) is 5.99. The predicted octanol–water partition coefficient (Wildman–Crippen LogP) is 2.01. The molecule has 4 N–H and O–H groups in total. The highest BCUT2D eigenvalue weighted by molar-refractivity contribution is 7.89. The molecule has 0 bridgehead atoms. The second-order valence-corrected chi connectivity index (χ2v) is 6.43. The van der Waals surface area contributed by atoms with Gasteiger partial charge in [-0.3, -0.25) is 4.98 Å². The maximum atomic E-state index is 11.3. The normalized spacial score (nSPS) is 11.4. The average molecular weight is 328 g/mol. The fourth-order valence-electron chi connectivity index (χ4n) is 1.73. The number of hydrogen-bond donors (Lipinski definition) is 3. The lowest BCUT2D eigenvalue weighted by atomic mass is 10.2. The van der Waals surface area contributed by atoms with Crippen molar-refractivity contribution in [2.24, 2.45) is 5.14 Å². The molecule has 0 radical (unpaired) electrons. The highest BCUT2D eigenvalue weighted by Crippen LogP contribution is 2.26. The van der Waals surface area contributed by atoms with E-state index in [1.54, 1.807) is 19.1 Å². The number of pyridine rings is 1. The maximum absolute atomic E-state index is 11.3. The molecule has 0 saturated carbocycles. The van der Waals surface area contributed by atoms with Gasteiger partial charge in [0.25, 0.3) is 0 Å². The molecular formula is C13H14ClN3O3S. The number of primary sulfonamides is 1. The fraction of sp³-hybridized carbons (Fsp3) is 0.154. The SMILES string of the molecule is Cc1ccc(O)c(CNc2cc(S(N)(=O)=O)ccc2Cl)n1. The number of benzene rings is 1. The van der Waals surface area contributed by atoms with Gasteiger partial charge in [-0.15, -0.1) is 0 Å². The molecule has 1 heterocycles. The Morgan fingerprint density at radius 1 is 1.33 bits per heavy atom. The highest BCUT2D eigenvalue weighted by atomic mass is 35.5. The molecule has 1 aromatic heterocycles. The molecule has 1 aromatic carbocycles. The molecule has 6 nitrogen and oxygen atoms in total. The molecule has 0 aliphatic heterocycles. The fourth-order valence-corrected chi connectivity index (χ4v) is 2.45. The largest absolute Gasteiger partial charge is 0.506 e. The van der Waals surface area contributed by atoms with Crippen molar-refractivity contribution in [3.05, 3.63) is 46.7 Å². The van der Waals surface area contributed by atoms with Crippen molar-refractivity contribution in [3.8, 4) is 5.75 Å². The van der Waals surface area contributed by atoms with Gasteiger partial charge in [0.15, 0.2) is 0 Å². The van der Waals surface area contributed by atoms with E-state index in [2.05, 4.69) is 10.3 Å². The van der Waals surface area contributed by atoms with Crippen molar-refractivity contribution >= 4 is 27.3 Å². The van der Waals surface area contributed by atoms with Crippen LogP contribution in [0.25, 0.3) is 0 Å². The zero-order valence-corrected chi connectivity index (χ0v) is 12.7. The van der Waals surface area contributed by atoms with Crippen LogP contribution in [-0.2, 0) is 16.6 Å². The third kappa shape index (κ3) is 3.84. The Hall–Kier alpha value is -1.83. The molecule has 0 aliphatic carbocycles. The smallest absolute Gasteiger partial charge is 0.238 e. The number of nitrogens with zero attached hydrogens (tertiary/aromatic N) is 1. The first kappa shape index (κ1) is 15.6. The monoisotopic (exact) mass is 327 g/mol. The summed E-state index contributed by atoms with van der Waals surface area (Å²) < 4.78 is 22.6. The van der Waals surface area contributed by atoms with Crippen LogP contribution in [0.15, 0.2) is 35.2 Å². The van der Waals surface area contributed by atoms with Crippen molar-refractivity contribution < 1.29 is 13.5 Å². The average Bonchev–Trinajstić information content (AvgIpc) is 2.40. The van der Waals surface area contributed by atoms with Crippen LogP contribution >= 0.6 is 11.6 Å². The molecule has 21 heavy (non-hydrogen) atoms. The molecule has 0 aliphatic rings. The van der Waals surface area contributed by atoms with Crippen LogP contribution in [0.1, 0.15) is 11.4 Å². The number of sulfonamides is 1. The maximum Gasteiger partial charge on any atom is 0.238 e. The molecule has 2 rings (SSSR count). The van der Waals surface area contributed by atoms with Gasteiger partial charge in [-0.25, -0.2) is 13.6 Å². The summed E-state index contributed by atoms with van der Waals surface area (Å²) in [5.41, 5.74) is 1.59. The first-order chi connectivity index (χ1) is 9.77. The molecule has 8 heteroatoms. The van der Waals surface area contributed by atoms with E-state index < -0.39 is 10.0 Å². The minimum absolute atomic E-state index is 0.0455. The van der Waals surface area contributed by atoms with Gasteiger partial charge < -0.3 is 10.4 Å². The molecule has 0 spiro atoms. The Morgan fingerprint density at radius 3 is 2.71 bits per heavy atom. The summed E-state index contributed by atoms with van der Waals surface area (Å²) in [6.07, 6.45) is 0. The topological polar surface area (TPSA) is 105 Å². The third-order valence-electron chi connectivity index (χ3n) is 2.80. The van der Waals surface area contributed by atoms with Gasteiger partial charge in [-0.05, 0) is 37.3 Å². The lowest BCUT2D eigenvalue weighted by molar-refractivity contribution is 0.464. The minimum atomic E-state index is -3.80. The summed E-state index contributed by atoms with van der Waals surface area (Å²) in [5.74, 6) is 0.0480. The van der Waals surface area contributed by atoms with Gasteiger partial charge in [-0.2, -0.15) is 0 Å². The van der Waals surface area contributed by atoms with Gasteiger partial charge in [-0.1, -0.05) is 11.6 Å². The van der Waals surface area contributed by atoms with E-state index in [1.807, 2.05) is 0 Å². The summed E-state index contributed by atoms with van der Waals surface area (Å²) in [7, 11) is -3.80. The lowest BCUT2D eigenvalue weighted by Gasteiger charge is -2.11. The van der Waals surface area contributed by atoms with Crippen LogP contribution in [0.5, 0.6) is 5.75 Å². The van der Waals surface area contributed by atoms with Crippen LogP contribution < -0.4 is 10.5 Å². The van der Waals surface area contributed by atoms with E-state index in [4.69, 9.17) is 16.7 Å². The van der Waals surface area contributed by atoms with Crippen LogP contribution in [-0.4, -0.2) is 18.5 Å². The molecule has 0 unspecified atom stereocenters.